The van der Waals surface area contributed by atoms with E-state index in [1.165, 1.54) is 27.6 Å². The molecular weight excluding hydrogens is 386 g/mol. The van der Waals surface area contributed by atoms with E-state index in [-0.39, 0.29) is 11.9 Å². The smallest absolute Gasteiger partial charge is 0.407 e. The van der Waals surface area contributed by atoms with Crippen LogP contribution in [0.25, 0.3) is 10.1 Å². The molecule has 1 aromatic carbocycles. The average Bonchev–Trinajstić information content (AvgIpc) is 3.29. The second kappa shape index (κ2) is 7.49. The number of aromatic nitrogens is 2. The van der Waals surface area contributed by atoms with Crippen LogP contribution in [-0.2, 0) is 0 Å². The highest BCUT2D eigenvalue weighted by atomic mass is 32.1. The lowest BCUT2D eigenvalue weighted by atomic mass is 10.1. The Balaban J connectivity index is 1.35. The molecule has 3 N–H and O–H groups in total. The highest BCUT2D eigenvalue weighted by Gasteiger charge is 2.23. The lowest BCUT2D eigenvalue weighted by Crippen LogP contribution is -2.41. The standard InChI is InChI=1S/C17H17N5O3S2/c23-14(13-9-10-3-1-2-4-12(10)26-13)19-16-21-20-15(27-16)18-11-5-7-22(8-6-11)17(24)25/h1-4,9,11H,5-8H2,(H,18,20)(H,24,25)(H,19,21,23). The zero-order valence-electron chi connectivity index (χ0n) is 14.2. The minimum atomic E-state index is -0.879. The van der Waals surface area contributed by atoms with Crippen molar-refractivity contribution in [3.8, 4) is 0 Å². The molecule has 0 radical (unpaired) electrons. The van der Waals surface area contributed by atoms with E-state index in [9.17, 15) is 9.59 Å². The van der Waals surface area contributed by atoms with Crippen LogP contribution in [0.4, 0.5) is 15.1 Å². The second-order valence-corrected chi connectivity index (χ2v) is 8.26. The Morgan fingerprint density at radius 3 is 2.59 bits per heavy atom. The molecule has 3 heterocycles. The predicted octanol–water partition coefficient (Wildman–Crippen LogP) is 3.56. The van der Waals surface area contributed by atoms with E-state index in [1.54, 1.807) is 0 Å². The van der Waals surface area contributed by atoms with E-state index >= 15 is 0 Å². The van der Waals surface area contributed by atoms with E-state index in [0.717, 1.165) is 22.9 Å². The number of carboxylic acid groups (broad SMARTS) is 1. The van der Waals surface area contributed by atoms with Crippen LogP contribution >= 0.6 is 22.7 Å². The van der Waals surface area contributed by atoms with Gasteiger partial charge in [0.25, 0.3) is 5.91 Å². The van der Waals surface area contributed by atoms with Crippen LogP contribution in [0.1, 0.15) is 22.5 Å². The van der Waals surface area contributed by atoms with E-state index in [0.29, 0.717) is 28.2 Å². The fourth-order valence-corrected chi connectivity index (χ4v) is 4.65. The van der Waals surface area contributed by atoms with Gasteiger partial charge in [0.2, 0.25) is 10.3 Å². The van der Waals surface area contributed by atoms with Crippen LogP contribution in [0, 0.1) is 0 Å². The zero-order valence-corrected chi connectivity index (χ0v) is 15.8. The molecule has 2 amide bonds. The normalized spacial score (nSPS) is 15.0. The molecule has 1 fully saturated rings. The van der Waals surface area contributed by atoms with Crippen molar-refractivity contribution >= 4 is 55.0 Å². The zero-order chi connectivity index (χ0) is 18.8. The van der Waals surface area contributed by atoms with Gasteiger partial charge >= 0.3 is 6.09 Å². The lowest BCUT2D eigenvalue weighted by molar-refractivity contribution is 0.103. The number of piperidine rings is 1. The number of carbonyl (C=O) groups is 2. The average molecular weight is 403 g/mol. The first-order valence-corrected chi connectivity index (χ1v) is 10.1. The third-order valence-electron chi connectivity index (χ3n) is 4.39. The van der Waals surface area contributed by atoms with Crippen molar-refractivity contribution in [2.75, 3.05) is 23.7 Å². The molecule has 0 atom stereocenters. The molecule has 0 saturated carbocycles. The molecule has 1 aliphatic heterocycles. The number of thiophene rings is 1. The van der Waals surface area contributed by atoms with Gasteiger partial charge in [-0.15, -0.1) is 21.5 Å². The fraction of sp³-hybridized carbons (Fsp3) is 0.294. The Morgan fingerprint density at radius 1 is 1.11 bits per heavy atom. The quantitative estimate of drug-likeness (QED) is 0.615. The summed E-state index contributed by atoms with van der Waals surface area (Å²) < 4.78 is 1.06. The molecule has 27 heavy (non-hydrogen) atoms. The minimum absolute atomic E-state index is 0.152. The van der Waals surface area contributed by atoms with Crippen molar-refractivity contribution in [3.05, 3.63) is 35.2 Å². The Kier molecular flexibility index (Phi) is 4.90. The third kappa shape index (κ3) is 4.01. The summed E-state index contributed by atoms with van der Waals surface area (Å²) in [6, 6.07) is 9.88. The molecule has 3 aromatic rings. The monoisotopic (exact) mass is 403 g/mol. The summed E-state index contributed by atoms with van der Waals surface area (Å²) in [6.07, 6.45) is 0.556. The summed E-state index contributed by atoms with van der Waals surface area (Å²) in [6.45, 7) is 1.00. The van der Waals surface area contributed by atoms with Crippen LogP contribution in [-0.4, -0.2) is 51.3 Å². The van der Waals surface area contributed by atoms with E-state index in [2.05, 4.69) is 20.8 Å². The number of hydrogen-bond donors (Lipinski definition) is 3. The molecule has 0 spiro atoms. The molecule has 4 rings (SSSR count). The minimum Gasteiger partial charge on any atom is -0.465 e. The maximum Gasteiger partial charge on any atom is 0.407 e. The van der Waals surface area contributed by atoms with Crippen LogP contribution < -0.4 is 10.6 Å². The first-order valence-electron chi connectivity index (χ1n) is 8.46. The molecule has 1 saturated heterocycles. The molecule has 140 valence electrons. The molecular formula is C17H17N5O3S2. The number of rotatable bonds is 4. The fourth-order valence-electron chi connectivity index (χ4n) is 2.97. The summed E-state index contributed by atoms with van der Waals surface area (Å²) in [5.41, 5.74) is 0. The van der Waals surface area contributed by atoms with Gasteiger partial charge in [-0.2, -0.15) is 0 Å². The summed E-state index contributed by atoms with van der Waals surface area (Å²) in [4.78, 5) is 25.4. The van der Waals surface area contributed by atoms with Crippen molar-refractivity contribution in [1.29, 1.82) is 0 Å². The van der Waals surface area contributed by atoms with Gasteiger partial charge in [-0.05, 0) is 30.4 Å². The molecule has 0 unspecified atom stereocenters. The van der Waals surface area contributed by atoms with Gasteiger partial charge in [-0.3, -0.25) is 10.1 Å². The van der Waals surface area contributed by atoms with Crippen molar-refractivity contribution in [1.82, 2.24) is 15.1 Å². The summed E-state index contributed by atoms with van der Waals surface area (Å²) in [7, 11) is 0. The number of likely N-dealkylation sites (tertiary alicyclic amines) is 1. The van der Waals surface area contributed by atoms with Crippen LogP contribution in [0.3, 0.4) is 0 Å². The Morgan fingerprint density at radius 2 is 1.85 bits per heavy atom. The number of anilines is 2. The lowest BCUT2D eigenvalue weighted by Gasteiger charge is -2.30. The number of nitrogens with one attached hydrogen (secondary N) is 2. The topological polar surface area (TPSA) is 107 Å². The molecule has 1 aliphatic rings. The van der Waals surface area contributed by atoms with Gasteiger partial charge in [0.15, 0.2) is 0 Å². The highest BCUT2D eigenvalue weighted by Crippen LogP contribution is 2.27. The number of hydrogen-bond acceptors (Lipinski definition) is 7. The van der Waals surface area contributed by atoms with Crippen molar-refractivity contribution < 1.29 is 14.7 Å². The molecule has 8 nitrogen and oxygen atoms in total. The number of fused-ring (bicyclic) bond motifs is 1. The molecule has 10 heteroatoms. The van der Waals surface area contributed by atoms with Gasteiger partial charge in [-0.25, -0.2) is 4.79 Å². The van der Waals surface area contributed by atoms with Crippen molar-refractivity contribution in [2.24, 2.45) is 0 Å². The maximum atomic E-state index is 12.4. The van der Waals surface area contributed by atoms with Gasteiger partial charge in [0.05, 0.1) is 4.88 Å². The van der Waals surface area contributed by atoms with Crippen LogP contribution in [0.5, 0.6) is 0 Å². The first-order chi connectivity index (χ1) is 13.1. The van der Waals surface area contributed by atoms with Crippen LogP contribution in [0.15, 0.2) is 30.3 Å². The summed E-state index contributed by atoms with van der Waals surface area (Å²) >= 11 is 2.71. The van der Waals surface area contributed by atoms with E-state index < -0.39 is 6.09 Å². The van der Waals surface area contributed by atoms with Gasteiger partial charge in [0, 0.05) is 23.8 Å². The maximum absolute atomic E-state index is 12.4. The molecule has 0 bridgehead atoms. The number of benzene rings is 1. The van der Waals surface area contributed by atoms with Gasteiger partial charge in [-0.1, -0.05) is 29.5 Å². The van der Waals surface area contributed by atoms with Gasteiger partial charge < -0.3 is 15.3 Å². The van der Waals surface area contributed by atoms with Gasteiger partial charge in [0.1, 0.15) is 0 Å². The van der Waals surface area contributed by atoms with Crippen molar-refractivity contribution in [3.63, 3.8) is 0 Å². The molecule has 0 aliphatic carbocycles. The second-order valence-electron chi connectivity index (χ2n) is 6.20. The van der Waals surface area contributed by atoms with E-state index in [4.69, 9.17) is 5.11 Å². The SMILES string of the molecule is O=C(Nc1nnc(NC2CCN(C(=O)O)CC2)s1)c1cc2ccccc2s1. The first kappa shape index (κ1) is 17.7. The predicted molar refractivity (Wildman–Crippen MR) is 106 cm³/mol. The Hall–Kier alpha value is -2.72. The summed E-state index contributed by atoms with van der Waals surface area (Å²) in [5.74, 6) is -0.200. The van der Waals surface area contributed by atoms with Crippen LogP contribution in [0.2, 0.25) is 0 Å². The Bertz CT molecular complexity index is 945. The molecule has 2 aromatic heterocycles. The highest BCUT2D eigenvalue weighted by molar-refractivity contribution is 7.21. The number of carbonyl (C=O) groups excluding carboxylic acids is 1. The van der Waals surface area contributed by atoms with E-state index in [1.807, 2.05) is 30.3 Å². The van der Waals surface area contributed by atoms with Crippen molar-refractivity contribution in [2.45, 2.75) is 18.9 Å². The Labute approximate surface area is 162 Å². The number of nitrogens with zero attached hydrogens (tertiary/aromatic N) is 3. The summed E-state index contributed by atoms with van der Waals surface area (Å²) in [5, 5.41) is 25.2. The third-order valence-corrected chi connectivity index (χ3v) is 6.27. The number of amides is 2. The largest absolute Gasteiger partial charge is 0.465 e.